The van der Waals surface area contributed by atoms with E-state index < -0.39 is 0 Å². The number of carbonyl (C=O) groups excluding carboxylic acids is 2. The molecule has 1 N–H and O–H groups in total. The Morgan fingerprint density at radius 3 is 2.62 bits per heavy atom. The molecule has 1 aliphatic rings. The lowest BCUT2D eigenvalue weighted by Crippen LogP contribution is -2.17. The maximum Gasteiger partial charge on any atom is 0.290 e. The molecule has 1 heterocycles. The largest absolute Gasteiger partial charge is 0.493 e. The molecule has 112 valence electrons. The highest BCUT2D eigenvalue weighted by Gasteiger charge is 2.25. The van der Waals surface area contributed by atoms with Crippen molar-refractivity contribution in [3.63, 3.8) is 0 Å². The van der Waals surface area contributed by atoms with Gasteiger partial charge in [-0.25, -0.2) is 0 Å². The first-order chi connectivity index (χ1) is 10.1. The average Bonchev–Trinajstić information content (AvgIpc) is 2.78. The van der Waals surface area contributed by atoms with Gasteiger partial charge in [0.25, 0.3) is 11.1 Å². The number of carbonyl (C=O) groups is 2. The molecular formula is C14H15NO5S. The van der Waals surface area contributed by atoms with Gasteiger partial charge in [-0.3, -0.25) is 14.9 Å². The van der Waals surface area contributed by atoms with E-state index in [4.69, 9.17) is 14.2 Å². The van der Waals surface area contributed by atoms with Gasteiger partial charge in [-0.15, -0.1) is 0 Å². The predicted molar refractivity (Wildman–Crippen MR) is 79.5 cm³/mol. The van der Waals surface area contributed by atoms with Crippen LogP contribution in [0.15, 0.2) is 23.1 Å². The molecule has 1 aliphatic heterocycles. The fourth-order valence-corrected chi connectivity index (χ4v) is 2.38. The lowest BCUT2D eigenvalue weighted by Gasteiger charge is -2.11. The quantitative estimate of drug-likeness (QED) is 0.640. The van der Waals surface area contributed by atoms with Gasteiger partial charge in [-0.05, 0) is 35.5 Å². The monoisotopic (exact) mass is 309 g/mol. The summed E-state index contributed by atoms with van der Waals surface area (Å²) >= 11 is 0.876. The number of hydrogen-bond donors (Lipinski definition) is 1. The van der Waals surface area contributed by atoms with Crippen molar-refractivity contribution in [1.29, 1.82) is 0 Å². The highest BCUT2D eigenvalue weighted by molar-refractivity contribution is 8.18. The maximum absolute atomic E-state index is 11.5. The van der Waals surface area contributed by atoms with Gasteiger partial charge in [-0.1, -0.05) is 6.07 Å². The lowest BCUT2D eigenvalue weighted by atomic mass is 10.2. The number of amides is 2. The zero-order chi connectivity index (χ0) is 15.2. The van der Waals surface area contributed by atoms with Crippen molar-refractivity contribution in [2.24, 2.45) is 0 Å². The van der Waals surface area contributed by atoms with E-state index in [0.717, 1.165) is 17.3 Å². The third-order valence-electron chi connectivity index (χ3n) is 2.67. The van der Waals surface area contributed by atoms with E-state index in [2.05, 4.69) is 5.32 Å². The third kappa shape index (κ3) is 3.99. The number of thioether (sulfide) groups is 1. The number of benzene rings is 1. The first kappa shape index (κ1) is 15.4. The van der Waals surface area contributed by atoms with Gasteiger partial charge in [0.1, 0.15) is 6.61 Å². The number of nitrogens with one attached hydrogen (secondary N) is 1. The van der Waals surface area contributed by atoms with Crippen LogP contribution < -0.4 is 14.8 Å². The summed E-state index contributed by atoms with van der Waals surface area (Å²) in [5, 5.41) is 1.85. The molecule has 7 heteroatoms. The fourth-order valence-electron chi connectivity index (χ4n) is 1.70. The van der Waals surface area contributed by atoms with Crippen molar-refractivity contribution in [2.75, 3.05) is 27.4 Å². The average molecular weight is 309 g/mol. The van der Waals surface area contributed by atoms with Crippen molar-refractivity contribution in [3.05, 3.63) is 28.7 Å². The second-order valence-corrected chi connectivity index (χ2v) is 5.12. The van der Waals surface area contributed by atoms with Gasteiger partial charge in [0.15, 0.2) is 11.5 Å². The number of rotatable bonds is 6. The Morgan fingerprint density at radius 1 is 1.19 bits per heavy atom. The molecule has 0 bridgehead atoms. The topological polar surface area (TPSA) is 73.9 Å². The summed E-state index contributed by atoms with van der Waals surface area (Å²) in [6.07, 6.45) is 1.63. The van der Waals surface area contributed by atoms with Crippen LogP contribution in [0, 0.1) is 0 Å². The highest BCUT2D eigenvalue weighted by Crippen LogP contribution is 2.31. The molecule has 0 aliphatic carbocycles. The molecule has 6 nitrogen and oxygen atoms in total. The molecule has 1 aromatic carbocycles. The fraction of sp³-hybridized carbons (Fsp3) is 0.286. The van der Waals surface area contributed by atoms with E-state index in [1.807, 2.05) is 0 Å². The molecule has 2 amide bonds. The Morgan fingerprint density at radius 2 is 2.00 bits per heavy atom. The molecule has 1 fully saturated rings. The second-order valence-electron chi connectivity index (χ2n) is 4.10. The molecule has 1 saturated heterocycles. The summed E-state index contributed by atoms with van der Waals surface area (Å²) in [6.45, 7) is 0.897. The Balaban J connectivity index is 2.17. The van der Waals surface area contributed by atoms with E-state index in [1.165, 1.54) is 7.11 Å². The minimum atomic E-state index is -0.385. The highest BCUT2D eigenvalue weighted by atomic mass is 32.2. The molecule has 0 radical (unpaired) electrons. The standard InChI is InChI=1S/C14H15NO5S/c1-18-5-6-20-10-4-3-9(7-11(10)19-2)8-12-13(16)15-14(17)21-12/h3-4,7-8H,5-6H2,1-2H3,(H,15,16,17)/b12-8-. The van der Waals surface area contributed by atoms with Gasteiger partial charge in [0.05, 0.1) is 18.6 Å². The van der Waals surface area contributed by atoms with Gasteiger partial charge in [-0.2, -0.15) is 0 Å². The van der Waals surface area contributed by atoms with E-state index in [1.54, 1.807) is 31.4 Å². The minimum Gasteiger partial charge on any atom is -0.493 e. The summed E-state index contributed by atoms with van der Waals surface area (Å²) in [6, 6.07) is 5.28. The van der Waals surface area contributed by atoms with Crippen molar-refractivity contribution in [1.82, 2.24) is 5.32 Å². The zero-order valence-electron chi connectivity index (χ0n) is 11.7. The minimum absolute atomic E-state index is 0.357. The number of ether oxygens (including phenoxy) is 3. The van der Waals surface area contributed by atoms with Crippen LogP contribution >= 0.6 is 11.8 Å². The van der Waals surface area contributed by atoms with Crippen molar-refractivity contribution in [2.45, 2.75) is 0 Å². The molecule has 1 aromatic rings. The van der Waals surface area contributed by atoms with Gasteiger partial charge >= 0.3 is 0 Å². The molecule has 2 rings (SSSR count). The molecule has 0 spiro atoms. The number of methoxy groups -OCH3 is 2. The maximum atomic E-state index is 11.5. The Hall–Kier alpha value is -1.99. The Labute approximate surface area is 126 Å². The Bertz CT molecular complexity index is 585. The van der Waals surface area contributed by atoms with Crippen LogP contribution in [0.25, 0.3) is 6.08 Å². The Kier molecular flexibility index (Phi) is 5.24. The van der Waals surface area contributed by atoms with Crippen LogP contribution in [0.5, 0.6) is 11.5 Å². The van der Waals surface area contributed by atoms with E-state index in [0.29, 0.717) is 29.6 Å². The van der Waals surface area contributed by atoms with E-state index in [9.17, 15) is 9.59 Å². The summed E-state index contributed by atoms with van der Waals surface area (Å²) in [5.41, 5.74) is 0.748. The lowest BCUT2D eigenvalue weighted by molar-refractivity contribution is -0.115. The number of hydrogen-bond acceptors (Lipinski definition) is 6. The first-order valence-corrected chi connectivity index (χ1v) is 7.00. The number of imide groups is 1. The summed E-state index contributed by atoms with van der Waals surface area (Å²) in [5.74, 6) is 0.760. The van der Waals surface area contributed by atoms with Crippen LogP contribution in [0.2, 0.25) is 0 Å². The normalized spacial score (nSPS) is 16.2. The molecule has 0 aromatic heterocycles. The predicted octanol–water partition coefficient (Wildman–Crippen LogP) is 2.04. The third-order valence-corrected chi connectivity index (χ3v) is 3.48. The van der Waals surface area contributed by atoms with Gasteiger partial charge in [0.2, 0.25) is 0 Å². The van der Waals surface area contributed by atoms with Gasteiger partial charge < -0.3 is 14.2 Å². The SMILES string of the molecule is COCCOc1ccc(/C=C2\SC(=O)NC2=O)cc1OC. The van der Waals surface area contributed by atoms with Crippen LogP contribution in [0.1, 0.15) is 5.56 Å². The van der Waals surface area contributed by atoms with E-state index >= 15 is 0 Å². The molecule has 0 atom stereocenters. The van der Waals surface area contributed by atoms with Crippen LogP contribution in [-0.2, 0) is 9.53 Å². The van der Waals surface area contributed by atoms with Crippen LogP contribution in [0.3, 0.4) is 0 Å². The zero-order valence-corrected chi connectivity index (χ0v) is 12.5. The van der Waals surface area contributed by atoms with Crippen molar-refractivity contribution in [3.8, 4) is 11.5 Å². The van der Waals surface area contributed by atoms with Crippen LogP contribution in [0.4, 0.5) is 4.79 Å². The molecular weight excluding hydrogens is 294 g/mol. The summed E-state index contributed by atoms with van der Waals surface area (Å²) in [4.78, 5) is 23.0. The summed E-state index contributed by atoms with van der Waals surface area (Å²) in [7, 11) is 3.14. The van der Waals surface area contributed by atoms with E-state index in [-0.39, 0.29) is 11.1 Å². The van der Waals surface area contributed by atoms with Gasteiger partial charge in [0, 0.05) is 7.11 Å². The second kappa shape index (κ2) is 7.14. The van der Waals surface area contributed by atoms with Crippen LogP contribution in [-0.4, -0.2) is 38.6 Å². The summed E-state index contributed by atoms with van der Waals surface area (Å²) < 4.78 is 15.7. The first-order valence-electron chi connectivity index (χ1n) is 6.18. The molecule has 0 saturated carbocycles. The van der Waals surface area contributed by atoms with Crippen molar-refractivity contribution >= 4 is 29.0 Å². The molecule has 21 heavy (non-hydrogen) atoms. The smallest absolute Gasteiger partial charge is 0.290 e. The van der Waals surface area contributed by atoms with Crippen molar-refractivity contribution < 1.29 is 23.8 Å². The molecule has 0 unspecified atom stereocenters.